The van der Waals surface area contributed by atoms with Crippen LogP contribution >= 0.6 is 11.6 Å². The summed E-state index contributed by atoms with van der Waals surface area (Å²) in [6.07, 6.45) is 7.06. The minimum absolute atomic E-state index is 0.00149. The zero-order valence-electron chi connectivity index (χ0n) is 9.92. The summed E-state index contributed by atoms with van der Waals surface area (Å²) in [5.74, 6) is 0.940. The van der Waals surface area contributed by atoms with Gasteiger partial charge in [0.15, 0.2) is 0 Å². The van der Waals surface area contributed by atoms with Crippen molar-refractivity contribution >= 4 is 11.6 Å². The van der Waals surface area contributed by atoms with E-state index in [4.69, 9.17) is 22.1 Å². The lowest BCUT2D eigenvalue weighted by Crippen LogP contribution is -2.44. The van der Waals surface area contributed by atoms with Crippen molar-refractivity contribution in [1.82, 2.24) is 0 Å². The highest BCUT2D eigenvalue weighted by Gasteiger charge is 2.40. The average molecular weight is 252 g/mol. The molecule has 92 valence electrons. The van der Waals surface area contributed by atoms with Crippen molar-refractivity contribution in [1.29, 1.82) is 0 Å². The van der Waals surface area contributed by atoms with Gasteiger partial charge in [0.05, 0.1) is 0 Å². The second-order valence-electron chi connectivity index (χ2n) is 5.34. The highest BCUT2D eigenvalue weighted by atomic mass is 35.5. The van der Waals surface area contributed by atoms with Crippen molar-refractivity contribution in [3.05, 3.63) is 28.8 Å². The molecule has 1 saturated carbocycles. The molecule has 0 bridgehead atoms. The van der Waals surface area contributed by atoms with Gasteiger partial charge < -0.3 is 10.5 Å². The molecule has 1 aromatic carbocycles. The summed E-state index contributed by atoms with van der Waals surface area (Å²) in [6, 6.07) is 5.86. The third-order valence-corrected chi connectivity index (χ3v) is 4.29. The summed E-state index contributed by atoms with van der Waals surface area (Å²) in [4.78, 5) is 0. The standard InChI is InChI=1S/C14H18ClNO/c15-10-4-5-13-11(8-10)12(16)9-14(17-13)6-2-1-3-7-14/h4-5,8,12H,1-3,6-7,9,16H2/t12-/m1/s1. The van der Waals surface area contributed by atoms with E-state index in [-0.39, 0.29) is 11.6 Å². The van der Waals surface area contributed by atoms with Crippen molar-refractivity contribution in [2.24, 2.45) is 5.73 Å². The minimum Gasteiger partial charge on any atom is -0.487 e. The van der Waals surface area contributed by atoms with Crippen LogP contribution in [0.25, 0.3) is 0 Å². The SMILES string of the molecule is N[C@@H]1CC2(CCCCC2)Oc2ccc(Cl)cc21. The van der Waals surface area contributed by atoms with E-state index in [1.807, 2.05) is 18.2 Å². The molecule has 17 heavy (non-hydrogen) atoms. The molecule has 2 N–H and O–H groups in total. The van der Waals surface area contributed by atoms with Crippen LogP contribution in [-0.2, 0) is 0 Å². The third kappa shape index (κ3) is 2.04. The first-order valence-corrected chi connectivity index (χ1v) is 6.80. The Morgan fingerprint density at radius 1 is 1.24 bits per heavy atom. The quantitative estimate of drug-likeness (QED) is 0.761. The Bertz CT molecular complexity index is 426. The van der Waals surface area contributed by atoms with E-state index in [1.165, 1.54) is 19.3 Å². The monoisotopic (exact) mass is 251 g/mol. The molecule has 0 amide bonds. The van der Waals surface area contributed by atoms with Gasteiger partial charge in [0.2, 0.25) is 0 Å². The van der Waals surface area contributed by atoms with Crippen LogP contribution in [0.15, 0.2) is 18.2 Å². The number of halogens is 1. The third-order valence-electron chi connectivity index (χ3n) is 4.05. The van der Waals surface area contributed by atoms with Crippen molar-refractivity contribution in [2.45, 2.75) is 50.2 Å². The van der Waals surface area contributed by atoms with Gasteiger partial charge in [0.25, 0.3) is 0 Å². The average Bonchev–Trinajstić information content (AvgIpc) is 2.31. The predicted molar refractivity (Wildman–Crippen MR) is 69.4 cm³/mol. The van der Waals surface area contributed by atoms with Crippen LogP contribution in [-0.4, -0.2) is 5.60 Å². The van der Waals surface area contributed by atoms with Gasteiger partial charge in [0.1, 0.15) is 11.4 Å². The number of hydrogen-bond donors (Lipinski definition) is 1. The summed E-state index contributed by atoms with van der Waals surface area (Å²) in [7, 11) is 0. The number of hydrogen-bond acceptors (Lipinski definition) is 2. The van der Waals surface area contributed by atoms with Crippen LogP contribution in [0, 0.1) is 0 Å². The largest absolute Gasteiger partial charge is 0.487 e. The molecule has 0 unspecified atom stereocenters. The maximum atomic E-state index is 6.28. The molecule has 1 aromatic rings. The molecule has 0 aromatic heterocycles. The fourth-order valence-corrected chi connectivity index (χ4v) is 3.37. The van der Waals surface area contributed by atoms with E-state index in [9.17, 15) is 0 Å². The molecule has 2 aliphatic rings. The lowest BCUT2D eigenvalue weighted by atomic mass is 9.77. The lowest BCUT2D eigenvalue weighted by Gasteiger charge is -2.43. The molecular formula is C14H18ClNO. The Morgan fingerprint density at radius 3 is 2.76 bits per heavy atom. The van der Waals surface area contributed by atoms with Gasteiger partial charge in [-0.15, -0.1) is 0 Å². The Balaban J connectivity index is 1.94. The Morgan fingerprint density at radius 2 is 2.00 bits per heavy atom. The van der Waals surface area contributed by atoms with Crippen LogP contribution in [0.3, 0.4) is 0 Å². The van der Waals surface area contributed by atoms with Crippen molar-refractivity contribution in [3.63, 3.8) is 0 Å². The van der Waals surface area contributed by atoms with Gasteiger partial charge in [-0.25, -0.2) is 0 Å². The van der Waals surface area contributed by atoms with Crippen LogP contribution in [0.4, 0.5) is 0 Å². The maximum absolute atomic E-state index is 6.28. The summed E-state index contributed by atoms with van der Waals surface area (Å²) >= 11 is 6.01. The Kier molecular flexibility index (Phi) is 2.80. The molecule has 1 spiro atoms. The second kappa shape index (κ2) is 4.18. The molecule has 3 heteroatoms. The molecule has 1 aliphatic carbocycles. The van der Waals surface area contributed by atoms with Gasteiger partial charge in [0, 0.05) is 23.0 Å². The molecule has 0 radical (unpaired) electrons. The van der Waals surface area contributed by atoms with Crippen LogP contribution in [0.2, 0.25) is 5.02 Å². The van der Waals surface area contributed by atoms with Crippen molar-refractivity contribution in [2.75, 3.05) is 0 Å². The molecular weight excluding hydrogens is 234 g/mol. The number of fused-ring (bicyclic) bond motifs is 1. The first-order chi connectivity index (χ1) is 8.19. The summed E-state index contributed by atoms with van der Waals surface area (Å²) in [5, 5.41) is 0.738. The first kappa shape index (κ1) is 11.4. The fourth-order valence-electron chi connectivity index (χ4n) is 3.19. The summed E-state index contributed by atoms with van der Waals surface area (Å²) in [6.45, 7) is 0. The zero-order chi connectivity index (χ0) is 11.9. The minimum atomic E-state index is -0.00149. The molecule has 1 atom stereocenters. The molecule has 0 saturated heterocycles. The second-order valence-corrected chi connectivity index (χ2v) is 5.77. The smallest absolute Gasteiger partial charge is 0.125 e. The van der Waals surface area contributed by atoms with Gasteiger partial charge in [-0.1, -0.05) is 18.0 Å². The number of benzene rings is 1. The van der Waals surface area contributed by atoms with E-state index in [1.54, 1.807) is 0 Å². The Hall–Kier alpha value is -0.730. The number of nitrogens with two attached hydrogens (primary N) is 1. The molecule has 1 heterocycles. The highest BCUT2D eigenvalue weighted by molar-refractivity contribution is 6.30. The highest BCUT2D eigenvalue weighted by Crippen LogP contribution is 2.45. The van der Waals surface area contributed by atoms with Crippen molar-refractivity contribution < 1.29 is 4.74 Å². The van der Waals surface area contributed by atoms with Gasteiger partial charge in [-0.3, -0.25) is 0 Å². The molecule has 3 rings (SSSR count). The van der Waals surface area contributed by atoms with E-state index in [2.05, 4.69) is 0 Å². The molecule has 2 nitrogen and oxygen atoms in total. The normalized spacial score (nSPS) is 26.4. The van der Waals surface area contributed by atoms with E-state index in [0.29, 0.717) is 0 Å². The van der Waals surface area contributed by atoms with Crippen molar-refractivity contribution in [3.8, 4) is 5.75 Å². The predicted octanol–water partition coefficient (Wildman–Crippen LogP) is 3.83. The van der Waals surface area contributed by atoms with Gasteiger partial charge >= 0.3 is 0 Å². The maximum Gasteiger partial charge on any atom is 0.125 e. The summed E-state index contributed by atoms with van der Waals surface area (Å²) < 4.78 is 6.25. The lowest BCUT2D eigenvalue weighted by molar-refractivity contribution is 0.00195. The molecule has 1 fully saturated rings. The first-order valence-electron chi connectivity index (χ1n) is 6.43. The van der Waals surface area contributed by atoms with Crippen LogP contribution < -0.4 is 10.5 Å². The van der Waals surface area contributed by atoms with Crippen LogP contribution in [0.1, 0.15) is 50.1 Å². The number of ether oxygens (including phenoxy) is 1. The topological polar surface area (TPSA) is 35.2 Å². The molecule has 1 aliphatic heterocycles. The Labute approximate surface area is 107 Å². The van der Waals surface area contributed by atoms with Gasteiger partial charge in [-0.05, 0) is 43.9 Å². The van der Waals surface area contributed by atoms with E-state index >= 15 is 0 Å². The fraction of sp³-hybridized carbons (Fsp3) is 0.571. The van der Waals surface area contributed by atoms with E-state index in [0.717, 1.165) is 35.6 Å². The van der Waals surface area contributed by atoms with Gasteiger partial charge in [-0.2, -0.15) is 0 Å². The van der Waals surface area contributed by atoms with E-state index < -0.39 is 0 Å². The summed E-state index contributed by atoms with van der Waals surface area (Å²) in [5.41, 5.74) is 7.34. The van der Waals surface area contributed by atoms with Crippen LogP contribution in [0.5, 0.6) is 5.75 Å². The zero-order valence-corrected chi connectivity index (χ0v) is 10.7. The number of rotatable bonds is 0.